The molecule has 0 spiro atoms. The molecule has 0 atom stereocenters. The van der Waals surface area contributed by atoms with Crippen LogP contribution in [0.4, 0.5) is 36.1 Å². The molecule has 1 aliphatic heterocycles. The number of fused-ring (bicyclic) bond motifs is 1. The molecule has 5 rings (SSSR count). The van der Waals surface area contributed by atoms with E-state index in [1.807, 2.05) is 0 Å². The van der Waals surface area contributed by atoms with Crippen molar-refractivity contribution in [1.29, 1.82) is 0 Å². The van der Waals surface area contributed by atoms with E-state index in [0.717, 1.165) is 6.07 Å². The first-order valence-electron chi connectivity index (χ1n) is 11.3. The predicted octanol–water partition coefficient (Wildman–Crippen LogP) is 5.48. The van der Waals surface area contributed by atoms with E-state index in [9.17, 15) is 18.0 Å². The summed E-state index contributed by atoms with van der Waals surface area (Å²) < 4.78 is 45.6. The number of alkyl halides is 3. The summed E-state index contributed by atoms with van der Waals surface area (Å²) in [4.78, 5) is 23.1. The second-order valence-corrected chi connectivity index (χ2v) is 8.23. The van der Waals surface area contributed by atoms with Crippen LogP contribution in [0.1, 0.15) is 16.1 Å². The highest BCUT2D eigenvalue weighted by molar-refractivity contribution is 6.05. The van der Waals surface area contributed by atoms with Crippen molar-refractivity contribution in [2.24, 2.45) is 0 Å². The Morgan fingerprint density at radius 2 is 1.72 bits per heavy atom. The van der Waals surface area contributed by atoms with Crippen molar-refractivity contribution in [1.82, 2.24) is 9.97 Å². The highest BCUT2D eigenvalue weighted by Gasteiger charge is 2.33. The first kappa shape index (κ1) is 23.6. The van der Waals surface area contributed by atoms with Crippen LogP contribution in [0.15, 0.2) is 72.9 Å². The summed E-state index contributed by atoms with van der Waals surface area (Å²) in [5.41, 5.74) is 0.959. The highest BCUT2D eigenvalue weighted by Crippen LogP contribution is 2.34. The van der Waals surface area contributed by atoms with Crippen molar-refractivity contribution in [3.63, 3.8) is 0 Å². The summed E-state index contributed by atoms with van der Waals surface area (Å²) in [7, 11) is 0. The lowest BCUT2D eigenvalue weighted by molar-refractivity contribution is -0.140. The fourth-order valence-electron chi connectivity index (χ4n) is 3.98. The van der Waals surface area contributed by atoms with Gasteiger partial charge in [-0.25, -0.2) is 9.97 Å². The fraction of sp³-hybridized carbons (Fsp3) is 0.192. The van der Waals surface area contributed by atoms with E-state index in [1.165, 1.54) is 6.07 Å². The molecule has 1 saturated heterocycles. The van der Waals surface area contributed by atoms with E-state index in [-0.39, 0.29) is 17.1 Å². The molecule has 1 amide bonds. The Bertz CT molecular complexity index is 1400. The first-order valence-corrected chi connectivity index (χ1v) is 11.3. The van der Waals surface area contributed by atoms with E-state index >= 15 is 0 Å². The zero-order valence-electron chi connectivity index (χ0n) is 19.0. The van der Waals surface area contributed by atoms with E-state index in [2.05, 4.69) is 25.5 Å². The maximum Gasteiger partial charge on any atom is 0.433 e. The minimum atomic E-state index is -4.58. The van der Waals surface area contributed by atoms with Crippen LogP contribution in [-0.2, 0) is 10.9 Å². The van der Waals surface area contributed by atoms with Crippen LogP contribution >= 0.6 is 0 Å². The number of carbonyl (C=O) groups excluding carboxylic acids is 1. The van der Waals surface area contributed by atoms with E-state index in [1.54, 1.807) is 60.8 Å². The molecule has 0 saturated carbocycles. The first-order chi connectivity index (χ1) is 17.4. The number of amides is 1. The SMILES string of the molecule is O=C(Nc1cccc(Nc2cc(C(F)(F)F)nc3ccccc23)c1)c1ccnc(N2CCOCC2)c1. The average Bonchev–Trinajstić information content (AvgIpc) is 2.89. The Kier molecular flexibility index (Phi) is 6.43. The maximum atomic E-state index is 13.4. The lowest BCUT2D eigenvalue weighted by Crippen LogP contribution is -2.36. The van der Waals surface area contributed by atoms with Gasteiger partial charge in [0.05, 0.1) is 24.4 Å². The van der Waals surface area contributed by atoms with Gasteiger partial charge in [0.1, 0.15) is 11.5 Å². The standard InChI is InChI=1S/C26H22F3N5O2/c27-26(28,29)23-16-22(20-6-1-2-7-21(20)33-23)31-18-4-3-5-19(15-18)32-25(35)17-8-9-30-24(14-17)34-10-12-36-13-11-34/h1-9,14-16H,10-13H2,(H,31,33)(H,32,35). The third-order valence-corrected chi connectivity index (χ3v) is 5.75. The second kappa shape index (κ2) is 9.82. The van der Waals surface area contributed by atoms with Gasteiger partial charge in [-0.05, 0) is 42.5 Å². The molecule has 1 fully saturated rings. The fourth-order valence-corrected chi connectivity index (χ4v) is 3.98. The number of ether oxygens (including phenoxy) is 1. The molecule has 3 heterocycles. The number of pyridine rings is 2. The molecule has 10 heteroatoms. The molecule has 0 unspecified atom stereocenters. The molecule has 2 aromatic carbocycles. The summed E-state index contributed by atoms with van der Waals surface area (Å²) in [6, 6.07) is 17.7. The highest BCUT2D eigenvalue weighted by atomic mass is 19.4. The number of halogens is 3. The molecule has 36 heavy (non-hydrogen) atoms. The second-order valence-electron chi connectivity index (χ2n) is 8.23. The maximum absolute atomic E-state index is 13.4. The van der Waals surface area contributed by atoms with Gasteiger partial charge in [-0.2, -0.15) is 13.2 Å². The smallest absolute Gasteiger partial charge is 0.378 e. The molecule has 1 aliphatic rings. The number of nitrogens with zero attached hydrogens (tertiary/aromatic N) is 3. The van der Waals surface area contributed by atoms with E-state index in [0.29, 0.717) is 54.4 Å². The zero-order chi connectivity index (χ0) is 25.1. The molecule has 2 aromatic heterocycles. The third-order valence-electron chi connectivity index (χ3n) is 5.75. The lowest BCUT2D eigenvalue weighted by Gasteiger charge is -2.27. The largest absolute Gasteiger partial charge is 0.433 e. The van der Waals surface area contributed by atoms with Gasteiger partial charge < -0.3 is 20.3 Å². The quantitative estimate of drug-likeness (QED) is 0.383. The number of aromatic nitrogens is 2. The number of morpholine rings is 1. The summed E-state index contributed by atoms with van der Waals surface area (Å²) in [5, 5.41) is 6.44. The van der Waals surface area contributed by atoms with Crippen LogP contribution in [0.3, 0.4) is 0 Å². The van der Waals surface area contributed by atoms with Crippen molar-refractivity contribution in [2.45, 2.75) is 6.18 Å². The summed E-state index contributed by atoms with van der Waals surface area (Å²) in [6.45, 7) is 2.61. The van der Waals surface area contributed by atoms with Crippen LogP contribution in [0.25, 0.3) is 10.9 Å². The summed E-state index contributed by atoms with van der Waals surface area (Å²) in [6.07, 6.45) is -2.99. The average molecular weight is 493 g/mol. The molecule has 0 bridgehead atoms. The van der Waals surface area contributed by atoms with Gasteiger partial charge in [0.25, 0.3) is 5.91 Å². The number of hydrogen-bond acceptors (Lipinski definition) is 6. The molecule has 7 nitrogen and oxygen atoms in total. The number of carbonyl (C=O) groups is 1. The predicted molar refractivity (Wildman–Crippen MR) is 132 cm³/mol. The molecule has 4 aromatic rings. The topological polar surface area (TPSA) is 79.4 Å². The van der Waals surface area contributed by atoms with Crippen LogP contribution in [0.5, 0.6) is 0 Å². The van der Waals surface area contributed by atoms with Gasteiger partial charge in [0, 0.05) is 41.6 Å². The lowest BCUT2D eigenvalue weighted by atomic mass is 10.1. The Morgan fingerprint density at radius 3 is 2.53 bits per heavy atom. The molecule has 2 N–H and O–H groups in total. The summed E-state index contributed by atoms with van der Waals surface area (Å²) >= 11 is 0. The van der Waals surface area contributed by atoms with Crippen molar-refractivity contribution < 1.29 is 22.7 Å². The third kappa shape index (κ3) is 5.23. The number of anilines is 4. The van der Waals surface area contributed by atoms with Crippen molar-refractivity contribution >= 4 is 39.7 Å². The number of para-hydroxylation sites is 1. The normalized spacial score (nSPS) is 14.0. The van der Waals surface area contributed by atoms with Crippen LogP contribution in [0, 0.1) is 0 Å². The number of nitrogens with one attached hydrogen (secondary N) is 2. The van der Waals surface area contributed by atoms with Gasteiger partial charge in [-0.3, -0.25) is 4.79 Å². The van der Waals surface area contributed by atoms with Crippen LogP contribution in [0.2, 0.25) is 0 Å². The van der Waals surface area contributed by atoms with Crippen LogP contribution < -0.4 is 15.5 Å². The number of benzene rings is 2. The number of hydrogen-bond donors (Lipinski definition) is 2. The summed E-state index contributed by atoms with van der Waals surface area (Å²) in [5.74, 6) is 0.379. The molecule has 184 valence electrons. The molecular weight excluding hydrogens is 471 g/mol. The van der Waals surface area contributed by atoms with Crippen LogP contribution in [-0.4, -0.2) is 42.2 Å². The van der Waals surface area contributed by atoms with Crippen molar-refractivity contribution in [2.75, 3.05) is 41.8 Å². The van der Waals surface area contributed by atoms with Gasteiger partial charge in [-0.15, -0.1) is 0 Å². The molecule has 0 aliphatic carbocycles. The Hall–Kier alpha value is -4.18. The van der Waals surface area contributed by atoms with Gasteiger partial charge in [0.2, 0.25) is 0 Å². The monoisotopic (exact) mass is 493 g/mol. The molecular formula is C26H22F3N5O2. The minimum absolute atomic E-state index is 0.230. The van der Waals surface area contributed by atoms with Gasteiger partial charge in [0.15, 0.2) is 0 Å². The van der Waals surface area contributed by atoms with Gasteiger partial charge in [-0.1, -0.05) is 24.3 Å². The Balaban J connectivity index is 1.37. The minimum Gasteiger partial charge on any atom is -0.378 e. The van der Waals surface area contributed by atoms with E-state index in [4.69, 9.17) is 4.74 Å². The zero-order valence-corrected chi connectivity index (χ0v) is 19.0. The van der Waals surface area contributed by atoms with Gasteiger partial charge >= 0.3 is 6.18 Å². The Labute approximate surface area is 204 Å². The van der Waals surface area contributed by atoms with Crippen molar-refractivity contribution in [3.05, 3.63) is 84.2 Å². The number of rotatable bonds is 5. The molecule has 0 radical (unpaired) electrons. The van der Waals surface area contributed by atoms with E-state index < -0.39 is 11.9 Å². The van der Waals surface area contributed by atoms with Crippen molar-refractivity contribution in [3.8, 4) is 0 Å². The Morgan fingerprint density at radius 1 is 0.944 bits per heavy atom.